The van der Waals surface area contributed by atoms with Crippen LogP contribution in [0.3, 0.4) is 0 Å². The summed E-state index contributed by atoms with van der Waals surface area (Å²) in [5.74, 6) is 0. The first-order valence-electron chi connectivity index (χ1n) is 6.23. The van der Waals surface area contributed by atoms with Crippen LogP contribution in [0, 0.1) is 5.41 Å². The average Bonchev–Trinajstić information content (AvgIpc) is 2.27. The molecule has 1 unspecified atom stereocenters. The summed E-state index contributed by atoms with van der Waals surface area (Å²) >= 11 is 7.18. The summed E-state index contributed by atoms with van der Waals surface area (Å²) in [7, 11) is 0. The molecule has 1 atom stereocenters. The maximum atomic E-state index is 6.14. The minimum Gasteiger partial charge on any atom is -0.370 e. The van der Waals surface area contributed by atoms with E-state index in [1.807, 2.05) is 12.1 Å². The molecule has 0 bridgehead atoms. The third kappa shape index (κ3) is 4.67. The van der Waals surface area contributed by atoms with E-state index in [1.165, 1.54) is 5.56 Å². The maximum absolute atomic E-state index is 6.14. The van der Waals surface area contributed by atoms with Gasteiger partial charge in [-0.05, 0) is 30.4 Å². The lowest BCUT2D eigenvalue weighted by Gasteiger charge is -2.31. The number of hydrogen-bond acceptors (Lipinski definition) is 1. The second-order valence-corrected chi connectivity index (χ2v) is 7.42. The fraction of sp³-hybridized carbons (Fsp3) is 0.600. The van der Waals surface area contributed by atoms with Crippen molar-refractivity contribution in [3.63, 3.8) is 0 Å². The zero-order chi connectivity index (χ0) is 13.8. The highest BCUT2D eigenvalue weighted by Crippen LogP contribution is 2.34. The van der Waals surface area contributed by atoms with Crippen LogP contribution in [-0.4, -0.2) is 11.9 Å². The standard InChI is InChI=1S/C15H22Br2O/c1-14(2,3)9-10-18-15(4,11-16)12-7-5-6-8-13(12)17/h5-8H,9-11H2,1-4H3. The Bertz CT molecular complexity index is 384. The van der Waals surface area contributed by atoms with Crippen LogP contribution in [0.2, 0.25) is 0 Å². The molecular formula is C15H22Br2O. The van der Waals surface area contributed by atoms with Crippen molar-refractivity contribution in [2.24, 2.45) is 5.41 Å². The molecule has 0 aliphatic carbocycles. The minimum absolute atomic E-state index is 0.286. The first-order valence-corrected chi connectivity index (χ1v) is 8.15. The van der Waals surface area contributed by atoms with Gasteiger partial charge in [0, 0.05) is 16.4 Å². The second-order valence-electron chi connectivity index (χ2n) is 6.00. The lowest BCUT2D eigenvalue weighted by atomic mass is 9.92. The van der Waals surface area contributed by atoms with Crippen LogP contribution in [0.25, 0.3) is 0 Å². The quantitative estimate of drug-likeness (QED) is 0.614. The van der Waals surface area contributed by atoms with E-state index in [2.05, 4.69) is 71.7 Å². The Hall–Kier alpha value is 0.140. The molecule has 1 nitrogen and oxygen atoms in total. The molecule has 18 heavy (non-hydrogen) atoms. The van der Waals surface area contributed by atoms with Crippen LogP contribution in [-0.2, 0) is 10.3 Å². The average molecular weight is 378 g/mol. The molecule has 1 aromatic carbocycles. The Morgan fingerprint density at radius 1 is 1.11 bits per heavy atom. The number of benzene rings is 1. The van der Waals surface area contributed by atoms with Crippen molar-refractivity contribution in [3.8, 4) is 0 Å². The first-order chi connectivity index (χ1) is 8.28. The molecule has 3 heteroatoms. The van der Waals surface area contributed by atoms with Gasteiger partial charge in [0.05, 0.1) is 0 Å². The predicted molar refractivity (Wildman–Crippen MR) is 85.3 cm³/mol. The molecule has 0 N–H and O–H groups in total. The van der Waals surface area contributed by atoms with E-state index in [0.29, 0.717) is 5.41 Å². The summed E-state index contributed by atoms with van der Waals surface area (Å²) in [6.45, 7) is 9.61. The summed E-state index contributed by atoms with van der Waals surface area (Å²) in [6.07, 6.45) is 1.06. The smallest absolute Gasteiger partial charge is 0.101 e. The first kappa shape index (κ1) is 16.2. The highest BCUT2D eigenvalue weighted by Gasteiger charge is 2.28. The van der Waals surface area contributed by atoms with E-state index in [1.54, 1.807) is 0 Å². The lowest BCUT2D eigenvalue weighted by molar-refractivity contribution is -0.0276. The molecule has 0 fully saturated rings. The van der Waals surface area contributed by atoms with Gasteiger partial charge < -0.3 is 4.74 Å². The lowest BCUT2D eigenvalue weighted by Crippen LogP contribution is -2.29. The molecule has 102 valence electrons. The summed E-state index contributed by atoms with van der Waals surface area (Å²) in [5, 5.41) is 0.784. The number of alkyl halides is 1. The topological polar surface area (TPSA) is 9.23 Å². The zero-order valence-corrected chi connectivity index (χ0v) is 14.8. The molecule has 0 aliphatic rings. The Kier molecular flexibility index (Phi) is 5.88. The number of hydrogen-bond donors (Lipinski definition) is 0. The fourth-order valence-corrected chi connectivity index (χ4v) is 2.83. The highest BCUT2D eigenvalue weighted by atomic mass is 79.9. The van der Waals surface area contributed by atoms with E-state index >= 15 is 0 Å². The van der Waals surface area contributed by atoms with E-state index in [9.17, 15) is 0 Å². The monoisotopic (exact) mass is 376 g/mol. The predicted octanol–water partition coefficient (Wildman–Crippen LogP) is 5.51. The van der Waals surface area contributed by atoms with Gasteiger partial charge in [-0.25, -0.2) is 0 Å². The van der Waals surface area contributed by atoms with Gasteiger partial charge in [0.1, 0.15) is 5.60 Å². The van der Waals surface area contributed by atoms with Crippen LogP contribution < -0.4 is 0 Å². The molecule has 0 heterocycles. The van der Waals surface area contributed by atoms with Gasteiger partial charge in [-0.1, -0.05) is 70.8 Å². The number of ether oxygens (including phenoxy) is 1. The van der Waals surface area contributed by atoms with Gasteiger partial charge in [0.25, 0.3) is 0 Å². The van der Waals surface area contributed by atoms with E-state index < -0.39 is 0 Å². The van der Waals surface area contributed by atoms with Crippen molar-refractivity contribution in [2.75, 3.05) is 11.9 Å². The van der Waals surface area contributed by atoms with Crippen molar-refractivity contribution in [2.45, 2.75) is 39.7 Å². The Labute approximate surface area is 128 Å². The van der Waals surface area contributed by atoms with Gasteiger partial charge >= 0.3 is 0 Å². The molecular weight excluding hydrogens is 356 g/mol. The molecule has 0 aromatic heterocycles. The molecule has 0 aliphatic heterocycles. The third-order valence-electron chi connectivity index (χ3n) is 2.97. The van der Waals surface area contributed by atoms with Crippen LogP contribution in [0.4, 0.5) is 0 Å². The molecule has 0 radical (unpaired) electrons. The largest absolute Gasteiger partial charge is 0.370 e. The molecule has 1 aromatic rings. The van der Waals surface area contributed by atoms with Crippen LogP contribution >= 0.6 is 31.9 Å². The molecule has 0 spiro atoms. The summed E-state index contributed by atoms with van der Waals surface area (Å²) in [5.41, 5.74) is 1.21. The summed E-state index contributed by atoms with van der Waals surface area (Å²) in [4.78, 5) is 0. The minimum atomic E-state index is -0.286. The third-order valence-corrected chi connectivity index (χ3v) is 4.73. The molecule has 0 amide bonds. The Morgan fingerprint density at radius 3 is 2.22 bits per heavy atom. The van der Waals surface area contributed by atoms with Gasteiger partial charge in [-0.2, -0.15) is 0 Å². The molecule has 0 saturated heterocycles. The van der Waals surface area contributed by atoms with Gasteiger partial charge in [0.15, 0.2) is 0 Å². The van der Waals surface area contributed by atoms with Crippen molar-refractivity contribution in [1.29, 1.82) is 0 Å². The Balaban J connectivity index is 2.77. The number of rotatable bonds is 5. The summed E-state index contributed by atoms with van der Waals surface area (Å²) in [6, 6.07) is 8.25. The van der Waals surface area contributed by atoms with Gasteiger partial charge in [-0.15, -0.1) is 0 Å². The highest BCUT2D eigenvalue weighted by molar-refractivity contribution is 9.10. The zero-order valence-electron chi connectivity index (χ0n) is 11.6. The van der Waals surface area contributed by atoms with Gasteiger partial charge in [-0.3, -0.25) is 0 Å². The van der Waals surface area contributed by atoms with E-state index in [4.69, 9.17) is 4.74 Å². The second kappa shape index (κ2) is 6.53. The Morgan fingerprint density at radius 2 is 1.72 bits per heavy atom. The van der Waals surface area contributed by atoms with Crippen molar-refractivity contribution < 1.29 is 4.74 Å². The van der Waals surface area contributed by atoms with E-state index in [-0.39, 0.29) is 5.60 Å². The fourth-order valence-electron chi connectivity index (χ4n) is 1.66. The molecule has 1 rings (SSSR count). The van der Waals surface area contributed by atoms with Gasteiger partial charge in [0.2, 0.25) is 0 Å². The van der Waals surface area contributed by atoms with Crippen LogP contribution in [0.5, 0.6) is 0 Å². The summed E-state index contributed by atoms with van der Waals surface area (Å²) < 4.78 is 7.24. The van der Waals surface area contributed by atoms with Crippen molar-refractivity contribution in [1.82, 2.24) is 0 Å². The normalized spacial score (nSPS) is 15.4. The van der Waals surface area contributed by atoms with Crippen LogP contribution in [0.1, 0.15) is 39.7 Å². The van der Waals surface area contributed by atoms with Crippen molar-refractivity contribution >= 4 is 31.9 Å². The molecule has 0 saturated carbocycles. The van der Waals surface area contributed by atoms with Crippen LogP contribution in [0.15, 0.2) is 28.7 Å². The van der Waals surface area contributed by atoms with E-state index in [0.717, 1.165) is 22.8 Å². The maximum Gasteiger partial charge on any atom is 0.101 e. The SMILES string of the molecule is CC(C)(C)CCOC(C)(CBr)c1ccccc1Br. The van der Waals surface area contributed by atoms with Crippen molar-refractivity contribution in [3.05, 3.63) is 34.3 Å². The number of halogens is 2.